The lowest BCUT2D eigenvalue weighted by Crippen LogP contribution is -2.22. The van der Waals surface area contributed by atoms with Gasteiger partial charge in [0.2, 0.25) is 0 Å². The van der Waals surface area contributed by atoms with Crippen molar-refractivity contribution >= 4 is 56.2 Å². The number of methoxy groups -OCH3 is 1. The van der Waals surface area contributed by atoms with E-state index in [1.807, 2.05) is 25.1 Å². The molecule has 0 spiro atoms. The van der Waals surface area contributed by atoms with E-state index in [9.17, 15) is 9.59 Å². The van der Waals surface area contributed by atoms with Crippen molar-refractivity contribution in [3.63, 3.8) is 0 Å². The number of carbonyl (C=O) groups excluding carboxylic acids is 1. The third-order valence-corrected chi connectivity index (χ3v) is 6.63. The lowest BCUT2D eigenvalue weighted by atomic mass is 10.1. The van der Waals surface area contributed by atoms with Crippen LogP contribution >= 0.6 is 27.5 Å². The van der Waals surface area contributed by atoms with Gasteiger partial charge in [-0.2, -0.15) is 9.78 Å². The highest BCUT2D eigenvalue weighted by molar-refractivity contribution is 9.10. The van der Waals surface area contributed by atoms with Gasteiger partial charge in [0.15, 0.2) is 18.1 Å². The highest BCUT2D eigenvalue weighted by atomic mass is 79.9. The number of anilines is 1. The average molecular weight is 624 g/mol. The van der Waals surface area contributed by atoms with Gasteiger partial charge in [-0.05, 0) is 73.0 Å². The number of rotatable bonds is 11. The molecule has 1 amide bonds. The molecule has 1 N–H and O–H groups in total. The van der Waals surface area contributed by atoms with Gasteiger partial charge in [-0.15, -0.1) is 6.58 Å². The number of hydrogen-bond acceptors (Lipinski definition) is 6. The van der Waals surface area contributed by atoms with Gasteiger partial charge < -0.3 is 14.8 Å². The van der Waals surface area contributed by atoms with E-state index in [2.05, 4.69) is 37.9 Å². The molecule has 0 aliphatic carbocycles. The molecule has 0 radical (unpaired) electrons. The molecule has 4 rings (SSSR count). The first-order valence-electron chi connectivity index (χ1n) is 12.6. The first kappa shape index (κ1) is 29.0. The molecule has 0 saturated carbocycles. The Hall–Kier alpha value is -3.95. The van der Waals surface area contributed by atoms with Gasteiger partial charge in [0.05, 0.1) is 24.2 Å². The van der Waals surface area contributed by atoms with E-state index in [0.717, 1.165) is 16.5 Å². The van der Waals surface area contributed by atoms with Crippen LogP contribution in [0.4, 0.5) is 5.69 Å². The summed E-state index contributed by atoms with van der Waals surface area (Å²) >= 11 is 9.33. The predicted molar refractivity (Wildman–Crippen MR) is 163 cm³/mol. The molecule has 0 atom stereocenters. The Kier molecular flexibility index (Phi) is 9.74. The van der Waals surface area contributed by atoms with Crippen LogP contribution < -0.4 is 20.3 Å². The molecule has 0 unspecified atom stereocenters. The van der Waals surface area contributed by atoms with Crippen molar-refractivity contribution < 1.29 is 14.3 Å². The highest BCUT2D eigenvalue weighted by Crippen LogP contribution is 2.33. The normalized spacial score (nSPS) is 11.1. The van der Waals surface area contributed by atoms with Crippen LogP contribution in [0.3, 0.4) is 0 Å². The fraction of sp³-hybridized carbons (Fsp3) is 0.200. The number of fused-ring (bicyclic) bond motifs is 1. The molecule has 40 heavy (non-hydrogen) atoms. The standard InChI is InChI=1S/C30H28BrClN4O4/c1-4-6-20-14-19(15-26(39-3)29(20)40-18-28(37)34-23-11-9-22(32)10-12-23)17-33-36-27(7-5-2)35-25-13-8-21(31)16-24(25)30(36)38/h4,8-17H,1,5-7,18H2,2-3H3,(H,34,37). The smallest absolute Gasteiger partial charge is 0.282 e. The third kappa shape index (κ3) is 6.97. The number of aromatic nitrogens is 2. The quantitative estimate of drug-likeness (QED) is 0.154. The molecule has 0 fully saturated rings. The summed E-state index contributed by atoms with van der Waals surface area (Å²) in [6, 6.07) is 15.8. The number of ether oxygens (including phenoxy) is 2. The molecule has 0 aliphatic heterocycles. The number of hydrogen-bond donors (Lipinski definition) is 1. The Bertz CT molecular complexity index is 1630. The Balaban J connectivity index is 1.63. The van der Waals surface area contributed by atoms with Crippen molar-refractivity contribution in [3.05, 3.63) is 104 Å². The summed E-state index contributed by atoms with van der Waals surface area (Å²) in [5, 5.41) is 8.33. The molecule has 206 valence electrons. The second-order valence-corrected chi connectivity index (χ2v) is 10.2. The highest BCUT2D eigenvalue weighted by Gasteiger charge is 2.15. The van der Waals surface area contributed by atoms with Crippen molar-refractivity contribution in [2.75, 3.05) is 19.0 Å². The molecule has 8 nitrogen and oxygen atoms in total. The van der Waals surface area contributed by atoms with Gasteiger partial charge >= 0.3 is 0 Å². The van der Waals surface area contributed by atoms with Crippen molar-refractivity contribution in [1.29, 1.82) is 0 Å². The molecule has 10 heteroatoms. The van der Waals surface area contributed by atoms with E-state index in [4.69, 9.17) is 21.1 Å². The van der Waals surface area contributed by atoms with Crippen molar-refractivity contribution in [3.8, 4) is 11.5 Å². The van der Waals surface area contributed by atoms with Gasteiger partial charge in [0.25, 0.3) is 11.5 Å². The Morgan fingerprint density at radius 1 is 1.20 bits per heavy atom. The van der Waals surface area contributed by atoms with E-state index >= 15 is 0 Å². The minimum absolute atomic E-state index is 0.231. The van der Waals surface area contributed by atoms with E-state index < -0.39 is 0 Å². The van der Waals surface area contributed by atoms with Gasteiger partial charge in [-0.1, -0.05) is 40.5 Å². The van der Waals surface area contributed by atoms with Crippen LogP contribution in [-0.2, 0) is 17.6 Å². The van der Waals surface area contributed by atoms with Gasteiger partial charge in [0, 0.05) is 27.2 Å². The van der Waals surface area contributed by atoms with E-state index in [-0.39, 0.29) is 18.1 Å². The SMILES string of the molecule is C=CCc1cc(C=Nn2c(CCC)nc3ccc(Br)cc3c2=O)cc(OC)c1OCC(=O)Nc1ccc(Cl)cc1. The first-order valence-corrected chi connectivity index (χ1v) is 13.8. The predicted octanol–water partition coefficient (Wildman–Crippen LogP) is 6.40. The van der Waals surface area contributed by atoms with Crippen LogP contribution in [0, 0.1) is 0 Å². The number of halogens is 2. The second-order valence-electron chi connectivity index (χ2n) is 8.85. The van der Waals surface area contributed by atoms with Crippen LogP contribution in [0.2, 0.25) is 5.02 Å². The fourth-order valence-corrected chi connectivity index (χ4v) is 4.56. The molecule has 0 bridgehead atoms. The Morgan fingerprint density at radius 2 is 1.98 bits per heavy atom. The third-order valence-electron chi connectivity index (χ3n) is 5.89. The molecule has 4 aromatic rings. The van der Waals surface area contributed by atoms with Crippen molar-refractivity contribution in [1.82, 2.24) is 9.66 Å². The number of aryl methyl sites for hydroxylation is 1. The molecule has 0 saturated heterocycles. The molecule has 0 aliphatic rings. The number of amides is 1. The summed E-state index contributed by atoms with van der Waals surface area (Å²) in [4.78, 5) is 30.5. The number of nitrogens with one attached hydrogen (secondary N) is 1. The molecular formula is C30H28BrClN4O4. The van der Waals surface area contributed by atoms with Crippen molar-refractivity contribution in [2.45, 2.75) is 26.2 Å². The van der Waals surface area contributed by atoms with Gasteiger partial charge in [0.1, 0.15) is 5.82 Å². The van der Waals surface area contributed by atoms with Crippen LogP contribution in [-0.4, -0.2) is 35.5 Å². The van der Waals surface area contributed by atoms with E-state index in [1.165, 1.54) is 11.8 Å². The maximum Gasteiger partial charge on any atom is 0.282 e. The summed E-state index contributed by atoms with van der Waals surface area (Å²) in [6.45, 7) is 5.63. The summed E-state index contributed by atoms with van der Waals surface area (Å²) in [6.07, 6.45) is 5.16. The number of nitrogens with zero attached hydrogens (tertiary/aromatic N) is 3. The molecular weight excluding hydrogens is 596 g/mol. The molecule has 1 heterocycles. The van der Waals surface area contributed by atoms with Crippen LogP contribution in [0.15, 0.2) is 81.6 Å². The molecule has 3 aromatic carbocycles. The van der Waals surface area contributed by atoms with Gasteiger partial charge in [-0.25, -0.2) is 4.98 Å². The summed E-state index contributed by atoms with van der Waals surface area (Å²) in [5.74, 6) is 1.08. The fourth-order valence-electron chi connectivity index (χ4n) is 4.07. The number of carbonyl (C=O) groups is 1. The zero-order valence-corrected chi connectivity index (χ0v) is 24.5. The summed E-state index contributed by atoms with van der Waals surface area (Å²) < 4.78 is 13.6. The minimum Gasteiger partial charge on any atom is -0.493 e. The number of benzene rings is 3. The zero-order chi connectivity index (χ0) is 28.6. The minimum atomic E-state index is -0.335. The van der Waals surface area contributed by atoms with E-state index in [1.54, 1.807) is 48.7 Å². The van der Waals surface area contributed by atoms with Crippen LogP contribution in [0.5, 0.6) is 11.5 Å². The van der Waals surface area contributed by atoms with Crippen molar-refractivity contribution in [2.24, 2.45) is 5.10 Å². The first-order chi connectivity index (χ1) is 19.3. The second kappa shape index (κ2) is 13.4. The topological polar surface area (TPSA) is 94.8 Å². The zero-order valence-electron chi connectivity index (χ0n) is 22.1. The van der Waals surface area contributed by atoms with E-state index in [0.29, 0.717) is 57.3 Å². The summed E-state index contributed by atoms with van der Waals surface area (Å²) in [7, 11) is 1.52. The van der Waals surface area contributed by atoms with Crippen LogP contribution in [0.1, 0.15) is 30.3 Å². The monoisotopic (exact) mass is 622 g/mol. The number of allylic oxidation sites excluding steroid dienone is 1. The lowest BCUT2D eigenvalue weighted by molar-refractivity contribution is -0.118. The van der Waals surface area contributed by atoms with Gasteiger partial charge in [-0.3, -0.25) is 9.59 Å². The maximum absolute atomic E-state index is 13.3. The van der Waals surface area contributed by atoms with Crippen LogP contribution in [0.25, 0.3) is 10.9 Å². The Morgan fingerprint density at radius 3 is 2.67 bits per heavy atom. The maximum atomic E-state index is 13.3. The Labute approximate surface area is 245 Å². The largest absolute Gasteiger partial charge is 0.493 e. The summed E-state index contributed by atoms with van der Waals surface area (Å²) in [5.41, 5.74) is 2.40. The average Bonchev–Trinajstić information content (AvgIpc) is 2.94. The lowest BCUT2D eigenvalue weighted by Gasteiger charge is -2.16. The molecule has 1 aromatic heterocycles.